The van der Waals surface area contributed by atoms with E-state index in [1.54, 1.807) is 0 Å². The van der Waals surface area contributed by atoms with Gasteiger partial charge in [0.25, 0.3) is 0 Å². The zero-order valence-electron chi connectivity index (χ0n) is 21.2. The van der Waals surface area contributed by atoms with E-state index in [9.17, 15) is 0 Å². The Hall–Kier alpha value is -3.76. The van der Waals surface area contributed by atoms with Gasteiger partial charge in [-0.1, -0.05) is 149 Å². The number of hydrogen-bond acceptors (Lipinski definition) is 1. The lowest BCUT2D eigenvalue weighted by molar-refractivity contribution is 1.64. The van der Waals surface area contributed by atoms with Crippen LogP contribution in [0, 0.1) is 0 Å². The normalized spacial score (nSPS) is 11.7. The van der Waals surface area contributed by atoms with Crippen LogP contribution in [0.15, 0.2) is 156 Å². The van der Waals surface area contributed by atoms with Crippen LogP contribution in [0.25, 0.3) is 31.3 Å². The van der Waals surface area contributed by atoms with Crippen LogP contribution in [0.5, 0.6) is 0 Å². The molecule has 0 atom stereocenters. The van der Waals surface area contributed by atoms with Crippen molar-refractivity contribution in [3.05, 3.63) is 156 Å². The van der Waals surface area contributed by atoms with Gasteiger partial charge in [0.15, 0.2) is 8.07 Å². The molecule has 7 aromatic rings. The molecule has 0 aliphatic rings. The Morgan fingerprint density at radius 2 is 0.949 bits per heavy atom. The first-order valence-corrected chi connectivity index (χ1v) is 16.7. The molecule has 0 N–H and O–H groups in total. The molecule has 3 heteroatoms. The SMILES string of the molecule is Brc1ccc([Si](c2ccccc2)(c2ccccc2)c2ccc(-c3cccc4c3sc3ccccc34)cc2)cc1. The minimum absolute atomic E-state index is 1.10. The van der Waals surface area contributed by atoms with Crippen molar-refractivity contribution in [3.8, 4) is 11.1 Å². The van der Waals surface area contributed by atoms with Gasteiger partial charge in [-0.3, -0.25) is 0 Å². The molecule has 0 bridgehead atoms. The van der Waals surface area contributed by atoms with Crippen LogP contribution in [-0.2, 0) is 0 Å². The van der Waals surface area contributed by atoms with E-state index in [0.717, 1.165) is 4.47 Å². The summed E-state index contributed by atoms with van der Waals surface area (Å²) in [5.74, 6) is 0. The van der Waals surface area contributed by atoms with E-state index in [0.29, 0.717) is 0 Å². The van der Waals surface area contributed by atoms with Crippen molar-refractivity contribution < 1.29 is 0 Å². The Kier molecular flexibility index (Phi) is 6.28. The van der Waals surface area contributed by atoms with Gasteiger partial charge >= 0.3 is 0 Å². The number of rotatable bonds is 5. The van der Waals surface area contributed by atoms with Gasteiger partial charge in [0.05, 0.1) is 0 Å². The van der Waals surface area contributed by atoms with Gasteiger partial charge in [-0.15, -0.1) is 11.3 Å². The summed E-state index contributed by atoms with van der Waals surface area (Å²) < 4.78 is 3.79. The van der Waals surface area contributed by atoms with E-state index < -0.39 is 8.07 Å². The minimum Gasteiger partial charge on any atom is -0.135 e. The lowest BCUT2D eigenvalue weighted by atomic mass is 10.0. The number of benzene rings is 6. The maximum Gasteiger partial charge on any atom is 0.179 e. The molecule has 0 aliphatic carbocycles. The third-order valence-corrected chi connectivity index (χ3v) is 14.3. The number of halogens is 1. The maximum atomic E-state index is 3.67. The van der Waals surface area contributed by atoms with E-state index in [4.69, 9.17) is 0 Å². The Balaban J connectivity index is 1.46. The third kappa shape index (κ3) is 4.09. The number of hydrogen-bond donors (Lipinski definition) is 0. The summed E-state index contributed by atoms with van der Waals surface area (Å²) in [4.78, 5) is 0. The van der Waals surface area contributed by atoms with Crippen LogP contribution >= 0.6 is 27.3 Å². The Morgan fingerprint density at radius 3 is 1.59 bits per heavy atom. The summed E-state index contributed by atoms with van der Waals surface area (Å²) in [6.07, 6.45) is 0. The molecule has 0 unspecified atom stereocenters. The molecule has 7 rings (SSSR count). The predicted molar refractivity (Wildman–Crippen MR) is 176 cm³/mol. The average Bonchev–Trinajstić information content (AvgIpc) is 3.39. The highest BCUT2D eigenvalue weighted by atomic mass is 79.9. The zero-order chi connectivity index (χ0) is 26.2. The molecule has 0 aliphatic heterocycles. The molecule has 0 spiro atoms. The smallest absolute Gasteiger partial charge is 0.135 e. The lowest BCUT2D eigenvalue weighted by Gasteiger charge is -2.34. The Morgan fingerprint density at radius 1 is 0.436 bits per heavy atom. The monoisotopic (exact) mass is 596 g/mol. The molecule has 0 amide bonds. The summed E-state index contributed by atoms with van der Waals surface area (Å²) >= 11 is 5.55. The first-order valence-electron chi connectivity index (χ1n) is 13.1. The molecule has 39 heavy (non-hydrogen) atoms. The fourth-order valence-electron chi connectivity index (χ4n) is 5.95. The molecule has 186 valence electrons. The van der Waals surface area contributed by atoms with E-state index in [2.05, 4.69) is 168 Å². The van der Waals surface area contributed by atoms with Crippen molar-refractivity contribution >= 4 is 76.3 Å². The van der Waals surface area contributed by atoms with Crippen LogP contribution in [-0.4, -0.2) is 8.07 Å². The van der Waals surface area contributed by atoms with Gasteiger partial charge in [-0.05, 0) is 50.1 Å². The highest BCUT2D eigenvalue weighted by molar-refractivity contribution is 9.10. The Bertz CT molecular complexity index is 1850. The number of fused-ring (bicyclic) bond motifs is 3. The van der Waals surface area contributed by atoms with Gasteiger partial charge < -0.3 is 0 Å². The molecular weight excluding hydrogens is 572 g/mol. The van der Waals surface area contributed by atoms with Crippen molar-refractivity contribution in [1.29, 1.82) is 0 Å². The van der Waals surface area contributed by atoms with Crippen LogP contribution in [0.3, 0.4) is 0 Å². The minimum atomic E-state index is -2.55. The fraction of sp³-hybridized carbons (Fsp3) is 0. The topological polar surface area (TPSA) is 0 Å². The van der Waals surface area contributed by atoms with E-state index in [1.165, 1.54) is 52.0 Å². The Labute approximate surface area is 242 Å². The van der Waals surface area contributed by atoms with Crippen molar-refractivity contribution in [2.75, 3.05) is 0 Å². The van der Waals surface area contributed by atoms with E-state index in [1.807, 2.05) is 11.3 Å². The highest BCUT2D eigenvalue weighted by Gasteiger charge is 2.41. The van der Waals surface area contributed by atoms with Crippen LogP contribution in [0.2, 0.25) is 0 Å². The first-order chi connectivity index (χ1) is 19.2. The largest absolute Gasteiger partial charge is 0.179 e. The molecule has 0 radical (unpaired) electrons. The zero-order valence-corrected chi connectivity index (χ0v) is 24.6. The maximum absolute atomic E-state index is 3.67. The van der Waals surface area contributed by atoms with Crippen molar-refractivity contribution in [1.82, 2.24) is 0 Å². The van der Waals surface area contributed by atoms with Gasteiger partial charge in [-0.25, -0.2) is 0 Å². The molecule has 0 saturated carbocycles. The molecule has 0 fully saturated rings. The van der Waals surface area contributed by atoms with Crippen molar-refractivity contribution in [2.45, 2.75) is 0 Å². The summed E-state index contributed by atoms with van der Waals surface area (Å²) in [6, 6.07) is 56.0. The van der Waals surface area contributed by atoms with Gasteiger partial charge in [0.2, 0.25) is 0 Å². The van der Waals surface area contributed by atoms with E-state index >= 15 is 0 Å². The highest BCUT2D eigenvalue weighted by Crippen LogP contribution is 2.39. The molecule has 6 aromatic carbocycles. The van der Waals surface area contributed by atoms with Gasteiger partial charge in [0.1, 0.15) is 0 Å². The third-order valence-electron chi connectivity index (χ3n) is 7.72. The average molecular weight is 598 g/mol. The second-order valence-corrected chi connectivity index (χ2v) is 15.6. The van der Waals surface area contributed by atoms with Crippen molar-refractivity contribution in [3.63, 3.8) is 0 Å². The van der Waals surface area contributed by atoms with E-state index in [-0.39, 0.29) is 0 Å². The first kappa shape index (κ1) is 24.3. The summed E-state index contributed by atoms with van der Waals surface area (Å²) in [5.41, 5.74) is 2.56. The van der Waals surface area contributed by atoms with Crippen molar-refractivity contribution in [2.24, 2.45) is 0 Å². The second-order valence-electron chi connectivity index (χ2n) is 9.85. The quantitative estimate of drug-likeness (QED) is 0.140. The van der Waals surface area contributed by atoms with Crippen LogP contribution in [0.4, 0.5) is 0 Å². The molecule has 0 nitrogen and oxygen atoms in total. The summed E-state index contributed by atoms with van der Waals surface area (Å²) in [5, 5.41) is 8.21. The molecule has 1 aromatic heterocycles. The number of thiophene rings is 1. The predicted octanol–water partition coefficient (Wildman–Crippen LogP) is 7.86. The van der Waals surface area contributed by atoms with Gasteiger partial charge in [0, 0.05) is 24.6 Å². The molecular formula is C36H25BrSSi. The van der Waals surface area contributed by atoms with Crippen LogP contribution in [0.1, 0.15) is 0 Å². The summed E-state index contributed by atoms with van der Waals surface area (Å²) in [6.45, 7) is 0. The van der Waals surface area contributed by atoms with Gasteiger partial charge in [-0.2, -0.15) is 0 Å². The molecule has 0 saturated heterocycles. The summed E-state index contributed by atoms with van der Waals surface area (Å²) in [7, 11) is -2.55. The molecule has 1 heterocycles. The second kappa shape index (κ2) is 10.1. The fourth-order valence-corrected chi connectivity index (χ4v) is 12.2. The lowest BCUT2D eigenvalue weighted by Crippen LogP contribution is -2.74. The standard InChI is InChI=1S/C36H25BrSSi/c37-27-20-24-31(25-21-27)39(28-10-3-1-4-11-28,29-12-5-2-6-13-29)30-22-18-26(19-23-30)32-15-9-16-34-33-14-7-8-17-35(33)38-36(32)34/h1-25H. The van der Waals surface area contributed by atoms with Crippen LogP contribution < -0.4 is 20.7 Å².